The second kappa shape index (κ2) is 3.98. The van der Waals surface area contributed by atoms with Gasteiger partial charge in [-0.05, 0) is 32.9 Å². The van der Waals surface area contributed by atoms with Crippen molar-refractivity contribution in [1.29, 1.82) is 0 Å². The Bertz CT molecular complexity index is 292. The molecule has 0 atom stereocenters. The number of hydrogen-bond donors (Lipinski definition) is 2. The number of hydrogen-bond acceptors (Lipinski definition) is 1. The molecule has 0 saturated carbocycles. The van der Waals surface area contributed by atoms with Crippen molar-refractivity contribution in [1.82, 2.24) is 4.68 Å². The van der Waals surface area contributed by atoms with Gasteiger partial charge in [-0.2, -0.15) is 0 Å². The fraction of sp³-hybridized carbons (Fsp3) is 0.444. The third kappa shape index (κ3) is 2.24. The molecule has 3 N–H and O–H groups in total. The Morgan fingerprint density at radius 3 is 2.46 bits per heavy atom. The van der Waals surface area contributed by atoms with E-state index in [4.69, 9.17) is 5.73 Å². The van der Waals surface area contributed by atoms with Gasteiger partial charge in [0.1, 0.15) is 0 Å². The van der Waals surface area contributed by atoms with Crippen molar-refractivity contribution in [3.8, 4) is 0 Å². The molecule has 1 heterocycles. The lowest BCUT2D eigenvalue weighted by molar-refractivity contribution is 0.886. The van der Waals surface area contributed by atoms with Gasteiger partial charge in [-0.1, -0.05) is 0 Å². The van der Waals surface area contributed by atoms with E-state index in [0.29, 0.717) is 12.5 Å². The van der Waals surface area contributed by atoms with Gasteiger partial charge in [0.05, 0.1) is 0 Å². The molecule has 1 rings (SSSR count). The van der Waals surface area contributed by atoms with Crippen molar-refractivity contribution < 1.29 is 0 Å². The zero-order chi connectivity index (χ0) is 9.84. The SMILES string of the molecule is CCN=C(N)Nn1c(C)ccc1C. The summed E-state index contributed by atoms with van der Waals surface area (Å²) in [5.74, 6) is 0.449. The van der Waals surface area contributed by atoms with Crippen LogP contribution in [-0.2, 0) is 0 Å². The highest BCUT2D eigenvalue weighted by molar-refractivity contribution is 5.85. The van der Waals surface area contributed by atoms with E-state index in [1.54, 1.807) is 0 Å². The van der Waals surface area contributed by atoms with Crippen molar-refractivity contribution in [3.63, 3.8) is 0 Å². The highest BCUT2D eigenvalue weighted by atomic mass is 15.5. The van der Waals surface area contributed by atoms with Gasteiger partial charge in [-0.3, -0.25) is 15.1 Å². The standard InChI is InChI=1S/C9H16N4/c1-4-11-9(10)12-13-7(2)5-6-8(13)3/h5-6H,4H2,1-3H3,(H3,10,11,12). The van der Waals surface area contributed by atoms with Gasteiger partial charge in [0.25, 0.3) is 0 Å². The fourth-order valence-electron chi connectivity index (χ4n) is 1.17. The maximum absolute atomic E-state index is 5.63. The summed E-state index contributed by atoms with van der Waals surface area (Å²) in [6.45, 7) is 6.67. The van der Waals surface area contributed by atoms with Crippen LogP contribution in [0.4, 0.5) is 0 Å². The first kappa shape index (κ1) is 9.64. The van der Waals surface area contributed by atoms with Crippen LogP contribution in [0, 0.1) is 13.8 Å². The highest BCUT2D eigenvalue weighted by Gasteiger charge is 2.00. The molecule has 0 bridgehead atoms. The molecule has 0 aliphatic carbocycles. The van der Waals surface area contributed by atoms with Crippen LogP contribution in [0.15, 0.2) is 17.1 Å². The first-order valence-corrected chi connectivity index (χ1v) is 4.37. The maximum atomic E-state index is 5.63. The second-order valence-corrected chi connectivity index (χ2v) is 2.92. The number of nitrogens with zero attached hydrogens (tertiary/aromatic N) is 2. The Balaban J connectivity index is 2.79. The number of rotatable bonds is 2. The largest absolute Gasteiger partial charge is 0.369 e. The molecule has 0 aliphatic heterocycles. The molecule has 0 unspecified atom stereocenters. The molecule has 0 radical (unpaired) electrons. The summed E-state index contributed by atoms with van der Waals surface area (Å²) >= 11 is 0. The minimum absolute atomic E-state index is 0.449. The lowest BCUT2D eigenvalue weighted by atomic mass is 10.5. The molecule has 4 nitrogen and oxygen atoms in total. The molecule has 0 amide bonds. The van der Waals surface area contributed by atoms with Gasteiger partial charge < -0.3 is 5.73 Å². The number of nitrogens with one attached hydrogen (secondary N) is 1. The van der Waals surface area contributed by atoms with Crippen LogP contribution in [0.1, 0.15) is 18.3 Å². The third-order valence-electron chi connectivity index (χ3n) is 1.83. The average Bonchev–Trinajstić information content (AvgIpc) is 2.36. The quantitative estimate of drug-likeness (QED) is 0.526. The number of aryl methyl sites for hydroxylation is 2. The molecule has 0 aliphatic rings. The Morgan fingerprint density at radius 1 is 1.46 bits per heavy atom. The predicted octanol–water partition coefficient (Wildman–Crippen LogP) is 0.983. The summed E-state index contributed by atoms with van der Waals surface area (Å²) in [6.07, 6.45) is 0. The fourth-order valence-corrected chi connectivity index (χ4v) is 1.17. The first-order valence-electron chi connectivity index (χ1n) is 4.37. The molecule has 72 valence electrons. The first-order chi connectivity index (χ1) is 6.15. The van der Waals surface area contributed by atoms with Crippen molar-refractivity contribution in [2.45, 2.75) is 20.8 Å². The van der Waals surface area contributed by atoms with Crippen molar-refractivity contribution in [2.75, 3.05) is 12.0 Å². The van der Waals surface area contributed by atoms with Crippen LogP contribution in [0.25, 0.3) is 0 Å². The van der Waals surface area contributed by atoms with Crippen LogP contribution in [0.5, 0.6) is 0 Å². The van der Waals surface area contributed by atoms with E-state index in [2.05, 4.69) is 10.4 Å². The van der Waals surface area contributed by atoms with Gasteiger partial charge in [-0.25, -0.2) is 0 Å². The molecule has 4 heteroatoms. The van der Waals surface area contributed by atoms with Crippen LogP contribution in [-0.4, -0.2) is 17.2 Å². The number of aromatic nitrogens is 1. The molecular formula is C9H16N4. The molecule has 13 heavy (non-hydrogen) atoms. The predicted molar refractivity (Wildman–Crippen MR) is 55.4 cm³/mol. The van der Waals surface area contributed by atoms with E-state index in [0.717, 1.165) is 11.4 Å². The molecule has 0 spiro atoms. The van der Waals surface area contributed by atoms with Crippen molar-refractivity contribution >= 4 is 5.96 Å². The Morgan fingerprint density at radius 2 is 2.00 bits per heavy atom. The maximum Gasteiger partial charge on any atom is 0.208 e. The minimum Gasteiger partial charge on any atom is -0.369 e. The molecule has 1 aromatic heterocycles. The lowest BCUT2D eigenvalue weighted by Crippen LogP contribution is -2.31. The zero-order valence-electron chi connectivity index (χ0n) is 8.33. The summed E-state index contributed by atoms with van der Waals surface area (Å²) < 4.78 is 1.91. The minimum atomic E-state index is 0.449. The lowest BCUT2D eigenvalue weighted by Gasteiger charge is -2.11. The van der Waals surface area contributed by atoms with E-state index >= 15 is 0 Å². The monoisotopic (exact) mass is 180 g/mol. The normalized spacial score (nSPS) is 11.8. The van der Waals surface area contributed by atoms with E-state index < -0.39 is 0 Å². The Kier molecular flexibility index (Phi) is 2.95. The van der Waals surface area contributed by atoms with E-state index in [1.165, 1.54) is 0 Å². The summed E-state index contributed by atoms with van der Waals surface area (Å²) in [6, 6.07) is 4.06. The summed E-state index contributed by atoms with van der Waals surface area (Å²) in [4.78, 5) is 4.04. The van der Waals surface area contributed by atoms with Crippen molar-refractivity contribution in [3.05, 3.63) is 23.5 Å². The highest BCUT2D eigenvalue weighted by Crippen LogP contribution is 2.03. The summed E-state index contributed by atoms with van der Waals surface area (Å²) in [7, 11) is 0. The summed E-state index contributed by atoms with van der Waals surface area (Å²) in [5, 5.41) is 0. The molecule has 0 aromatic carbocycles. The second-order valence-electron chi connectivity index (χ2n) is 2.92. The van der Waals surface area contributed by atoms with Gasteiger partial charge in [0.15, 0.2) is 0 Å². The summed E-state index contributed by atoms with van der Waals surface area (Å²) in [5.41, 5.74) is 10.9. The van der Waals surface area contributed by atoms with Crippen LogP contribution in [0.2, 0.25) is 0 Å². The van der Waals surface area contributed by atoms with E-state index in [9.17, 15) is 0 Å². The third-order valence-corrected chi connectivity index (χ3v) is 1.83. The van der Waals surface area contributed by atoms with Gasteiger partial charge in [0.2, 0.25) is 5.96 Å². The molecule has 0 fully saturated rings. The van der Waals surface area contributed by atoms with Crippen LogP contribution in [0.3, 0.4) is 0 Å². The Hall–Kier alpha value is -1.45. The zero-order valence-corrected chi connectivity index (χ0v) is 8.33. The topological polar surface area (TPSA) is 55.3 Å². The van der Waals surface area contributed by atoms with E-state index in [1.807, 2.05) is 37.6 Å². The Labute approximate surface area is 78.4 Å². The van der Waals surface area contributed by atoms with Gasteiger partial charge in [0, 0.05) is 17.9 Å². The number of aliphatic imine (C=N–C) groups is 1. The van der Waals surface area contributed by atoms with Gasteiger partial charge in [-0.15, -0.1) is 0 Å². The van der Waals surface area contributed by atoms with Crippen molar-refractivity contribution in [2.24, 2.45) is 10.7 Å². The van der Waals surface area contributed by atoms with Gasteiger partial charge >= 0.3 is 0 Å². The molecule has 0 saturated heterocycles. The van der Waals surface area contributed by atoms with Crippen LogP contribution >= 0.6 is 0 Å². The number of nitrogens with two attached hydrogens (primary N) is 1. The average molecular weight is 180 g/mol. The molecular weight excluding hydrogens is 164 g/mol. The smallest absolute Gasteiger partial charge is 0.208 e. The van der Waals surface area contributed by atoms with E-state index in [-0.39, 0.29) is 0 Å². The molecule has 1 aromatic rings. The number of guanidine groups is 1. The van der Waals surface area contributed by atoms with Crippen LogP contribution < -0.4 is 11.2 Å².